The van der Waals surface area contributed by atoms with Crippen molar-refractivity contribution in [2.75, 3.05) is 0 Å². The van der Waals surface area contributed by atoms with E-state index in [9.17, 15) is 0 Å². The van der Waals surface area contributed by atoms with Crippen LogP contribution in [0, 0.1) is 11.3 Å². The zero-order chi connectivity index (χ0) is 10.2. The second-order valence-electron chi connectivity index (χ2n) is 5.21. The van der Waals surface area contributed by atoms with E-state index in [2.05, 4.69) is 25.1 Å². The highest BCUT2D eigenvalue weighted by atomic mass is 15.3. The molecular formula is C11H19N3. The number of nitrogens with two attached hydrogens (primary N) is 1. The number of rotatable bonds is 3. The summed E-state index contributed by atoms with van der Waals surface area (Å²) in [6.45, 7) is 6.31. The first-order chi connectivity index (χ1) is 6.59. The third-order valence-electron chi connectivity index (χ3n) is 3.05. The van der Waals surface area contributed by atoms with Crippen molar-refractivity contribution in [1.82, 2.24) is 9.78 Å². The van der Waals surface area contributed by atoms with Gasteiger partial charge < -0.3 is 5.73 Å². The second kappa shape index (κ2) is 3.39. The van der Waals surface area contributed by atoms with E-state index >= 15 is 0 Å². The number of nitrogens with zero attached hydrogens (tertiary/aromatic N) is 2. The number of aromatic nitrogens is 2. The Morgan fingerprint density at radius 3 is 2.79 bits per heavy atom. The van der Waals surface area contributed by atoms with Crippen LogP contribution < -0.4 is 5.73 Å². The topological polar surface area (TPSA) is 43.8 Å². The van der Waals surface area contributed by atoms with Crippen molar-refractivity contribution in [2.24, 2.45) is 17.1 Å². The van der Waals surface area contributed by atoms with Gasteiger partial charge in [0.05, 0.1) is 6.20 Å². The smallest absolute Gasteiger partial charge is 0.0534 e. The maximum Gasteiger partial charge on any atom is 0.0534 e. The first-order valence-corrected chi connectivity index (χ1v) is 5.30. The molecule has 0 bridgehead atoms. The number of hydrogen-bond acceptors (Lipinski definition) is 2. The highest BCUT2D eigenvalue weighted by Crippen LogP contribution is 2.45. The van der Waals surface area contributed by atoms with Crippen molar-refractivity contribution in [3.05, 3.63) is 18.0 Å². The Labute approximate surface area is 85.3 Å². The molecule has 1 aliphatic carbocycles. The molecule has 0 amide bonds. The minimum absolute atomic E-state index is 0.564. The predicted octanol–water partition coefficient (Wildman–Crippen LogP) is 1.78. The van der Waals surface area contributed by atoms with E-state index in [0.717, 1.165) is 18.0 Å². The Hall–Kier alpha value is -0.830. The Bertz CT molecular complexity index is 306. The lowest BCUT2D eigenvalue weighted by molar-refractivity contribution is 0.0800. The molecule has 1 fully saturated rings. The molecule has 0 atom stereocenters. The maximum atomic E-state index is 5.53. The Balaban J connectivity index is 1.87. The van der Waals surface area contributed by atoms with Crippen LogP contribution >= 0.6 is 0 Å². The van der Waals surface area contributed by atoms with Crippen molar-refractivity contribution in [3.8, 4) is 0 Å². The lowest BCUT2D eigenvalue weighted by atomic mass is 9.64. The largest absolute Gasteiger partial charge is 0.326 e. The molecular weight excluding hydrogens is 174 g/mol. The van der Waals surface area contributed by atoms with Gasteiger partial charge in [-0.3, -0.25) is 4.68 Å². The lowest BCUT2D eigenvalue weighted by Gasteiger charge is -2.42. The third-order valence-corrected chi connectivity index (χ3v) is 3.05. The van der Waals surface area contributed by atoms with E-state index in [4.69, 9.17) is 5.73 Å². The van der Waals surface area contributed by atoms with Gasteiger partial charge in [-0.2, -0.15) is 5.10 Å². The molecule has 0 aliphatic heterocycles. The molecule has 2 rings (SSSR count). The summed E-state index contributed by atoms with van der Waals surface area (Å²) >= 11 is 0. The van der Waals surface area contributed by atoms with Gasteiger partial charge in [0.1, 0.15) is 0 Å². The summed E-state index contributed by atoms with van der Waals surface area (Å²) in [7, 11) is 0. The van der Waals surface area contributed by atoms with E-state index in [1.54, 1.807) is 0 Å². The second-order valence-corrected chi connectivity index (χ2v) is 5.21. The molecule has 0 aromatic carbocycles. The summed E-state index contributed by atoms with van der Waals surface area (Å²) in [6, 6.07) is 0. The van der Waals surface area contributed by atoms with E-state index in [-0.39, 0.29) is 0 Å². The predicted molar refractivity (Wildman–Crippen MR) is 56.6 cm³/mol. The third kappa shape index (κ3) is 1.98. The average Bonchev–Trinajstić information content (AvgIpc) is 2.49. The molecule has 1 aromatic rings. The van der Waals surface area contributed by atoms with Gasteiger partial charge in [-0.15, -0.1) is 0 Å². The zero-order valence-electron chi connectivity index (χ0n) is 9.03. The van der Waals surface area contributed by atoms with Crippen molar-refractivity contribution < 1.29 is 0 Å². The molecule has 0 unspecified atom stereocenters. The fraction of sp³-hybridized carbons (Fsp3) is 0.727. The van der Waals surface area contributed by atoms with Gasteiger partial charge in [-0.25, -0.2) is 0 Å². The van der Waals surface area contributed by atoms with E-state index in [0.29, 0.717) is 12.0 Å². The van der Waals surface area contributed by atoms with Gasteiger partial charge in [0.2, 0.25) is 0 Å². The molecule has 1 heterocycles. The van der Waals surface area contributed by atoms with Crippen LogP contribution in [0.15, 0.2) is 12.4 Å². The minimum Gasteiger partial charge on any atom is -0.326 e. The summed E-state index contributed by atoms with van der Waals surface area (Å²) in [5.74, 6) is 0.815. The summed E-state index contributed by atoms with van der Waals surface area (Å²) in [5.41, 5.74) is 7.22. The molecule has 1 aliphatic rings. The molecule has 3 heteroatoms. The molecule has 1 saturated carbocycles. The molecule has 0 saturated heterocycles. The highest BCUT2D eigenvalue weighted by Gasteiger charge is 2.35. The normalized spacial score (nSPS) is 20.8. The summed E-state index contributed by atoms with van der Waals surface area (Å²) in [6.07, 6.45) is 6.57. The Kier molecular flexibility index (Phi) is 2.35. The summed E-state index contributed by atoms with van der Waals surface area (Å²) in [4.78, 5) is 0. The van der Waals surface area contributed by atoms with Crippen molar-refractivity contribution >= 4 is 0 Å². The molecule has 14 heavy (non-hydrogen) atoms. The quantitative estimate of drug-likeness (QED) is 0.795. The molecule has 2 N–H and O–H groups in total. The van der Waals surface area contributed by atoms with Crippen LogP contribution in [0.1, 0.15) is 32.3 Å². The van der Waals surface area contributed by atoms with Crippen molar-refractivity contribution in [3.63, 3.8) is 0 Å². The molecule has 78 valence electrons. The van der Waals surface area contributed by atoms with E-state index < -0.39 is 0 Å². The monoisotopic (exact) mass is 193 g/mol. The lowest BCUT2D eigenvalue weighted by Crippen LogP contribution is -2.34. The van der Waals surface area contributed by atoms with Crippen LogP contribution in [0.4, 0.5) is 0 Å². The average molecular weight is 193 g/mol. The summed E-state index contributed by atoms with van der Waals surface area (Å²) < 4.78 is 2.03. The standard InChI is InChI=1S/C11H19N3/c1-11(2)3-9(4-11)7-14-8-10(5-12)6-13-14/h6,8-9H,3-5,7,12H2,1-2H3. The van der Waals surface area contributed by atoms with E-state index in [1.807, 2.05) is 10.9 Å². The minimum atomic E-state index is 0.564. The van der Waals surface area contributed by atoms with Crippen LogP contribution in [-0.2, 0) is 13.1 Å². The van der Waals surface area contributed by atoms with Crippen LogP contribution in [0.2, 0.25) is 0 Å². The van der Waals surface area contributed by atoms with Gasteiger partial charge in [0.15, 0.2) is 0 Å². The van der Waals surface area contributed by atoms with Crippen LogP contribution in [0.25, 0.3) is 0 Å². The van der Waals surface area contributed by atoms with Gasteiger partial charge in [-0.1, -0.05) is 13.8 Å². The zero-order valence-corrected chi connectivity index (χ0v) is 9.03. The maximum absolute atomic E-state index is 5.53. The highest BCUT2D eigenvalue weighted by molar-refractivity contribution is 5.02. The molecule has 1 aromatic heterocycles. The molecule has 0 radical (unpaired) electrons. The van der Waals surface area contributed by atoms with Crippen LogP contribution in [-0.4, -0.2) is 9.78 Å². The Morgan fingerprint density at radius 1 is 1.57 bits per heavy atom. The van der Waals surface area contributed by atoms with Crippen LogP contribution in [0.5, 0.6) is 0 Å². The van der Waals surface area contributed by atoms with Gasteiger partial charge in [-0.05, 0) is 24.2 Å². The number of hydrogen-bond donors (Lipinski definition) is 1. The first kappa shape index (κ1) is 9.71. The van der Waals surface area contributed by atoms with Gasteiger partial charge in [0.25, 0.3) is 0 Å². The molecule has 0 spiro atoms. The summed E-state index contributed by atoms with van der Waals surface area (Å²) in [5, 5.41) is 4.29. The van der Waals surface area contributed by atoms with Gasteiger partial charge >= 0.3 is 0 Å². The van der Waals surface area contributed by atoms with Gasteiger partial charge in [0, 0.05) is 24.8 Å². The first-order valence-electron chi connectivity index (χ1n) is 5.30. The Morgan fingerprint density at radius 2 is 2.29 bits per heavy atom. The van der Waals surface area contributed by atoms with Crippen LogP contribution in [0.3, 0.4) is 0 Å². The van der Waals surface area contributed by atoms with E-state index in [1.165, 1.54) is 12.8 Å². The SMILES string of the molecule is CC1(C)CC(Cn2cc(CN)cn2)C1. The van der Waals surface area contributed by atoms with Crippen molar-refractivity contribution in [1.29, 1.82) is 0 Å². The fourth-order valence-electron chi connectivity index (χ4n) is 2.51. The van der Waals surface area contributed by atoms with Crippen molar-refractivity contribution in [2.45, 2.75) is 39.8 Å². The molecule has 3 nitrogen and oxygen atoms in total. The fourth-order valence-corrected chi connectivity index (χ4v) is 2.51.